The summed E-state index contributed by atoms with van der Waals surface area (Å²) in [5.41, 5.74) is 9.90. The van der Waals surface area contributed by atoms with E-state index in [2.05, 4.69) is 114 Å². The minimum atomic E-state index is -3.66. The molecular formula is C55H42N4O2S2. The van der Waals surface area contributed by atoms with E-state index >= 15 is 0 Å². The lowest BCUT2D eigenvalue weighted by Crippen LogP contribution is -2.57. The van der Waals surface area contributed by atoms with E-state index in [4.69, 9.17) is 15.0 Å². The first kappa shape index (κ1) is 37.2. The van der Waals surface area contributed by atoms with Gasteiger partial charge in [0.15, 0.2) is 17.5 Å². The van der Waals surface area contributed by atoms with Crippen LogP contribution in [0.4, 0.5) is 17.1 Å². The molecule has 2 aliphatic heterocycles. The summed E-state index contributed by atoms with van der Waals surface area (Å²) in [6, 6.07) is 58.1. The van der Waals surface area contributed by atoms with Crippen LogP contribution in [0.3, 0.4) is 0 Å². The highest BCUT2D eigenvalue weighted by Crippen LogP contribution is 2.68. The molecule has 63 heavy (non-hydrogen) atoms. The topological polar surface area (TPSA) is 76.1 Å². The van der Waals surface area contributed by atoms with Crippen molar-refractivity contribution in [2.45, 2.75) is 57.1 Å². The Labute approximate surface area is 372 Å². The summed E-state index contributed by atoms with van der Waals surface area (Å²) in [6.45, 7) is 0. The van der Waals surface area contributed by atoms with E-state index < -0.39 is 9.84 Å². The highest BCUT2D eigenvalue weighted by atomic mass is 32.2. The van der Waals surface area contributed by atoms with Gasteiger partial charge in [0.05, 0.1) is 21.2 Å². The molecule has 0 unspecified atom stereocenters. The van der Waals surface area contributed by atoms with Crippen molar-refractivity contribution >= 4 is 38.7 Å². The highest BCUT2D eigenvalue weighted by Gasteiger charge is 2.62. The predicted octanol–water partition coefficient (Wildman–Crippen LogP) is 13.4. The third kappa shape index (κ3) is 5.70. The molecule has 3 heterocycles. The van der Waals surface area contributed by atoms with Gasteiger partial charge < -0.3 is 4.90 Å². The van der Waals surface area contributed by atoms with Crippen LogP contribution in [-0.4, -0.2) is 23.4 Å². The Morgan fingerprint density at radius 1 is 0.460 bits per heavy atom. The van der Waals surface area contributed by atoms with Crippen LogP contribution in [-0.2, 0) is 15.3 Å². The van der Waals surface area contributed by atoms with E-state index in [0.717, 1.165) is 67.8 Å². The first-order valence-electron chi connectivity index (χ1n) is 22.1. The Balaban J connectivity index is 0.878. The molecular weight excluding hydrogens is 813 g/mol. The number of para-hydroxylation sites is 2. The molecule has 1 aromatic heterocycles. The van der Waals surface area contributed by atoms with E-state index in [1.54, 1.807) is 11.8 Å². The highest BCUT2D eigenvalue weighted by molar-refractivity contribution is 7.99. The summed E-state index contributed by atoms with van der Waals surface area (Å²) >= 11 is 1.80. The van der Waals surface area contributed by atoms with Crippen molar-refractivity contribution in [1.29, 1.82) is 0 Å². The molecule has 6 aliphatic rings. The van der Waals surface area contributed by atoms with Crippen molar-refractivity contribution in [3.8, 4) is 45.3 Å². The van der Waals surface area contributed by atoms with E-state index in [1.165, 1.54) is 41.9 Å². The third-order valence-corrected chi connectivity index (χ3v) is 17.7. The minimum absolute atomic E-state index is 0.282. The van der Waals surface area contributed by atoms with Gasteiger partial charge in [-0.25, -0.2) is 23.4 Å². The van der Waals surface area contributed by atoms with E-state index in [9.17, 15) is 8.42 Å². The van der Waals surface area contributed by atoms with Gasteiger partial charge >= 0.3 is 0 Å². The molecule has 8 aromatic rings. The second kappa shape index (κ2) is 14.1. The summed E-state index contributed by atoms with van der Waals surface area (Å²) in [5, 5.41) is 0. The number of aromatic nitrogens is 3. The normalized spacial score (nSPS) is 23.1. The van der Waals surface area contributed by atoms with Gasteiger partial charge in [-0.1, -0.05) is 115 Å². The quantitative estimate of drug-likeness (QED) is 0.171. The Morgan fingerprint density at radius 2 is 0.937 bits per heavy atom. The van der Waals surface area contributed by atoms with Gasteiger partial charge in [0.2, 0.25) is 9.84 Å². The lowest BCUT2D eigenvalue weighted by atomic mass is 9.42. The molecule has 6 nitrogen and oxygen atoms in total. The molecule has 7 aromatic carbocycles. The lowest BCUT2D eigenvalue weighted by molar-refractivity contribution is -0.0446. The molecule has 4 bridgehead atoms. The Hall–Kier alpha value is -6.35. The number of anilines is 3. The number of nitrogens with zero attached hydrogens (tertiary/aromatic N) is 4. The fourth-order valence-electron chi connectivity index (χ4n) is 12.3. The molecule has 0 saturated heterocycles. The summed E-state index contributed by atoms with van der Waals surface area (Å²) in [4.78, 5) is 21.0. The predicted molar refractivity (Wildman–Crippen MR) is 250 cm³/mol. The second-order valence-corrected chi connectivity index (χ2v) is 21.0. The summed E-state index contributed by atoms with van der Waals surface area (Å²) in [5.74, 6) is 4.22. The van der Waals surface area contributed by atoms with Crippen molar-refractivity contribution < 1.29 is 8.42 Å². The minimum Gasteiger partial charge on any atom is -0.308 e. The zero-order valence-electron chi connectivity index (χ0n) is 34.4. The number of benzene rings is 7. The van der Waals surface area contributed by atoms with Crippen molar-refractivity contribution in [3.63, 3.8) is 0 Å². The Morgan fingerprint density at radius 3 is 1.56 bits per heavy atom. The molecule has 4 saturated carbocycles. The van der Waals surface area contributed by atoms with Gasteiger partial charge in [0, 0.05) is 37.6 Å². The molecule has 0 amide bonds. The molecule has 0 radical (unpaired) electrons. The zero-order chi connectivity index (χ0) is 41.9. The second-order valence-electron chi connectivity index (χ2n) is 18.1. The van der Waals surface area contributed by atoms with E-state index in [0.29, 0.717) is 39.1 Å². The smallest absolute Gasteiger partial charge is 0.207 e. The molecule has 4 fully saturated rings. The number of fused-ring (bicyclic) bond motifs is 4. The van der Waals surface area contributed by atoms with Crippen molar-refractivity contribution in [1.82, 2.24) is 15.0 Å². The summed E-state index contributed by atoms with van der Waals surface area (Å²) in [6.07, 6.45) is 6.08. The standard InChI is InChI=1S/C55H42N4O2S2/c60-63(61)50-17-9-4-12-44(50)55(41-29-34-28-35(31-41)32-42(55)30-34)45-33-40(24-27-51(45)63)36-18-20-38(21-19-36)53-56-52(37-10-2-1-3-11-37)57-54(58-53)39-22-25-43(26-23-39)59-46-13-5-7-15-48(46)62-49-16-8-6-14-47(49)59/h1-27,33-35,41-42H,28-32H2. The van der Waals surface area contributed by atoms with Gasteiger partial charge in [-0.05, 0) is 145 Å². The Bertz CT molecular complexity index is 3170. The molecule has 8 heteroatoms. The van der Waals surface area contributed by atoms with Crippen molar-refractivity contribution in [2.24, 2.45) is 23.7 Å². The van der Waals surface area contributed by atoms with Crippen LogP contribution in [0.25, 0.3) is 45.3 Å². The number of sulfone groups is 1. The van der Waals surface area contributed by atoms with Gasteiger partial charge in [-0.15, -0.1) is 0 Å². The van der Waals surface area contributed by atoms with Crippen LogP contribution in [0.2, 0.25) is 0 Å². The van der Waals surface area contributed by atoms with Crippen molar-refractivity contribution in [3.05, 3.63) is 181 Å². The summed E-state index contributed by atoms with van der Waals surface area (Å²) < 4.78 is 28.8. The fourth-order valence-corrected chi connectivity index (χ4v) is 15.1. The maximum Gasteiger partial charge on any atom is 0.207 e. The number of hydrogen-bond donors (Lipinski definition) is 0. The molecule has 4 aliphatic carbocycles. The van der Waals surface area contributed by atoms with Crippen LogP contribution < -0.4 is 4.90 Å². The van der Waals surface area contributed by atoms with Gasteiger partial charge in [0.25, 0.3) is 0 Å². The molecule has 306 valence electrons. The third-order valence-electron chi connectivity index (χ3n) is 14.7. The van der Waals surface area contributed by atoms with E-state index in [-0.39, 0.29) is 5.41 Å². The first-order chi connectivity index (χ1) is 30.9. The number of rotatable bonds is 5. The average molecular weight is 855 g/mol. The lowest BCUT2D eigenvalue weighted by Gasteiger charge is -2.63. The maximum atomic E-state index is 14.4. The SMILES string of the molecule is O=S1(=O)c2ccccc2C2(c3cc(-c4ccc(-c5nc(-c6ccccc6)nc(-c6ccc(N7c8ccccc8Sc8ccccc87)cc6)n5)cc4)ccc31)C1CC3CC(C1)CC2C3. The zero-order valence-corrected chi connectivity index (χ0v) is 36.1. The van der Waals surface area contributed by atoms with Crippen LogP contribution in [0.5, 0.6) is 0 Å². The molecule has 1 spiro atoms. The average Bonchev–Trinajstić information content (AvgIpc) is 3.33. The first-order valence-corrected chi connectivity index (χ1v) is 24.4. The van der Waals surface area contributed by atoms with Crippen LogP contribution >= 0.6 is 11.8 Å². The monoisotopic (exact) mass is 854 g/mol. The van der Waals surface area contributed by atoms with Gasteiger partial charge in [-0.2, -0.15) is 0 Å². The fraction of sp³-hybridized carbons (Fsp3) is 0.182. The number of hydrogen-bond acceptors (Lipinski definition) is 7. The maximum absolute atomic E-state index is 14.4. The van der Waals surface area contributed by atoms with Crippen molar-refractivity contribution in [2.75, 3.05) is 4.90 Å². The van der Waals surface area contributed by atoms with Crippen LogP contribution in [0.1, 0.15) is 43.2 Å². The largest absolute Gasteiger partial charge is 0.308 e. The Kier molecular flexibility index (Phi) is 8.32. The van der Waals surface area contributed by atoms with E-state index in [1.807, 2.05) is 60.7 Å². The van der Waals surface area contributed by atoms with Gasteiger partial charge in [-0.3, -0.25) is 0 Å². The molecule has 14 rings (SSSR count). The van der Waals surface area contributed by atoms with Crippen LogP contribution in [0.15, 0.2) is 189 Å². The van der Waals surface area contributed by atoms with Gasteiger partial charge in [0.1, 0.15) is 0 Å². The summed E-state index contributed by atoms with van der Waals surface area (Å²) in [7, 11) is -3.66. The molecule has 0 N–H and O–H groups in total. The molecule has 0 atom stereocenters. The van der Waals surface area contributed by atoms with Crippen LogP contribution in [0, 0.1) is 23.7 Å².